The maximum Gasteiger partial charge on any atom is 0.262 e. The molecule has 0 spiro atoms. The van der Waals surface area contributed by atoms with Gasteiger partial charge in [-0.1, -0.05) is 6.07 Å². The van der Waals surface area contributed by atoms with Gasteiger partial charge in [-0.25, -0.2) is 14.5 Å². The van der Waals surface area contributed by atoms with Gasteiger partial charge in [0.25, 0.3) is 5.91 Å². The Morgan fingerprint density at radius 1 is 1.21 bits per heavy atom. The van der Waals surface area contributed by atoms with E-state index in [1.54, 1.807) is 33.9 Å². The van der Waals surface area contributed by atoms with E-state index in [-0.39, 0.29) is 5.91 Å². The summed E-state index contributed by atoms with van der Waals surface area (Å²) in [6.45, 7) is 5.77. The number of nitrogens with zero attached hydrogens (tertiary/aromatic N) is 6. The van der Waals surface area contributed by atoms with Crippen LogP contribution >= 0.6 is 0 Å². The molecule has 0 aromatic carbocycles. The fraction of sp³-hybridized carbons (Fsp3) is 0.348. The Bertz CT molecular complexity index is 1280. The number of pyridine rings is 1. The lowest BCUT2D eigenvalue weighted by Crippen LogP contribution is -2.28. The molecule has 4 aromatic heterocycles. The van der Waals surface area contributed by atoms with E-state index >= 15 is 0 Å². The fourth-order valence-electron chi connectivity index (χ4n) is 4.04. The highest BCUT2D eigenvalue weighted by molar-refractivity contribution is 6.07. The number of aromatic nitrogens is 6. The molecule has 1 aliphatic heterocycles. The maximum atomic E-state index is 13.2. The molecule has 1 amide bonds. The molecule has 1 saturated heterocycles. The molecule has 0 unspecified atom stereocenters. The number of hydrogen-bond acceptors (Lipinski definition) is 7. The molecule has 10 heteroatoms. The number of carbonyl (C=O) groups is 1. The molecule has 0 atom stereocenters. The van der Waals surface area contributed by atoms with Crippen molar-refractivity contribution in [3.63, 3.8) is 0 Å². The molecule has 4 N–H and O–H groups in total. The second-order valence-corrected chi connectivity index (χ2v) is 8.92. The topological polar surface area (TPSA) is 128 Å². The van der Waals surface area contributed by atoms with Crippen LogP contribution in [0.2, 0.25) is 0 Å². The number of anilines is 1. The lowest BCUT2D eigenvalue weighted by Gasteiger charge is -2.20. The smallest absolute Gasteiger partial charge is 0.262 e. The largest absolute Gasteiger partial charge is 0.322 e. The van der Waals surface area contributed by atoms with Crippen LogP contribution in [0.15, 0.2) is 49.1 Å². The van der Waals surface area contributed by atoms with E-state index < -0.39 is 5.54 Å². The van der Waals surface area contributed by atoms with Crippen LogP contribution in [0.4, 0.5) is 5.82 Å². The molecule has 0 radical (unpaired) electrons. The summed E-state index contributed by atoms with van der Waals surface area (Å²) < 4.78 is 3.25. The summed E-state index contributed by atoms with van der Waals surface area (Å²) in [5.41, 5.74) is 8.44. The highest BCUT2D eigenvalue weighted by Gasteiger charge is 2.23. The van der Waals surface area contributed by atoms with E-state index in [0.717, 1.165) is 37.2 Å². The van der Waals surface area contributed by atoms with Crippen LogP contribution < -0.4 is 16.4 Å². The lowest BCUT2D eigenvalue weighted by atomic mass is 9.95. The van der Waals surface area contributed by atoms with Gasteiger partial charge in [-0.05, 0) is 57.5 Å². The lowest BCUT2D eigenvalue weighted by molar-refractivity contribution is 0.102. The summed E-state index contributed by atoms with van der Waals surface area (Å²) in [5, 5.41) is 15.4. The summed E-state index contributed by atoms with van der Waals surface area (Å²) in [6, 6.07) is 7.51. The van der Waals surface area contributed by atoms with Gasteiger partial charge in [0.1, 0.15) is 11.4 Å². The van der Waals surface area contributed by atoms with E-state index in [9.17, 15) is 4.79 Å². The van der Waals surface area contributed by atoms with Crippen molar-refractivity contribution in [2.24, 2.45) is 5.73 Å². The molecular weight excluding hydrogens is 418 g/mol. The van der Waals surface area contributed by atoms with Crippen LogP contribution in [0.3, 0.4) is 0 Å². The zero-order valence-corrected chi connectivity index (χ0v) is 18.7. The van der Waals surface area contributed by atoms with E-state index in [2.05, 4.69) is 25.7 Å². The number of nitrogens with one attached hydrogen (secondary N) is 2. The number of rotatable bonds is 5. The van der Waals surface area contributed by atoms with Crippen LogP contribution in [0.25, 0.3) is 11.5 Å². The number of hydrogen-bond donors (Lipinski definition) is 3. The molecule has 10 nitrogen and oxygen atoms in total. The highest BCUT2D eigenvalue weighted by Crippen LogP contribution is 2.28. The molecule has 0 aliphatic carbocycles. The Morgan fingerprint density at radius 3 is 2.76 bits per heavy atom. The van der Waals surface area contributed by atoms with Crippen LogP contribution in [0.5, 0.6) is 0 Å². The van der Waals surface area contributed by atoms with Gasteiger partial charge in [0.15, 0.2) is 11.5 Å². The van der Waals surface area contributed by atoms with Gasteiger partial charge < -0.3 is 16.4 Å². The van der Waals surface area contributed by atoms with Crippen LogP contribution in [0, 0.1) is 0 Å². The van der Waals surface area contributed by atoms with E-state index in [1.165, 1.54) is 6.20 Å². The molecule has 5 rings (SSSR count). The zero-order chi connectivity index (χ0) is 23.0. The summed E-state index contributed by atoms with van der Waals surface area (Å²) in [5.74, 6) is 1.18. The minimum atomic E-state index is -0.497. The van der Waals surface area contributed by atoms with Gasteiger partial charge >= 0.3 is 0 Å². The third-order valence-electron chi connectivity index (χ3n) is 5.96. The fourth-order valence-corrected chi connectivity index (χ4v) is 4.04. The van der Waals surface area contributed by atoms with Crippen molar-refractivity contribution in [1.29, 1.82) is 0 Å². The Labute approximate surface area is 191 Å². The second kappa shape index (κ2) is 8.38. The molecule has 170 valence electrons. The van der Waals surface area contributed by atoms with Crippen molar-refractivity contribution in [2.75, 3.05) is 18.4 Å². The molecule has 33 heavy (non-hydrogen) atoms. The predicted molar refractivity (Wildman–Crippen MR) is 124 cm³/mol. The number of nitrogens with two attached hydrogens (primary N) is 1. The normalized spacial score (nSPS) is 15.1. The number of piperidine rings is 1. The molecule has 1 aliphatic rings. The van der Waals surface area contributed by atoms with Gasteiger partial charge in [-0.3, -0.25) is 4.79 Å². The van der Waals surface area contributed by atoms with Crippen molar-refractivity contribution in [2.45, 2.75) is 38.1 Å². The van der Waals surface area contributed by atoms with Gasteiger partial charge in [-0.15, -0.1) is 0 Å². The average molecular weight is 446 g/mol. The summed E-state index contributed by atoms with van der Waals surface area (Å²) in [4.78, 5) is 22.0. The molecule has 4 aromatic rings. The minimum absolute atomic E-state index is 0.304. The summed E-state index contributed by atoms with van der Waals surface area (Å²) in [6.07, 6.45) is 8.65. The Balaban J connectivity index is 1.51. The predicted octanol–water partition coefficient (Wildman–Crippen LogP) is 2.22. The quantitative estimate of drug-likeness (QED) is 0.430. The second-order valence-electron chi connectivity index (χ2n) is 8.92. The molecule has 1 fully saturated rings. The van der Waals surface area contributed by atoms with Crippen molar-refractivity contribution in [1.82, 2.24) is 34.7 Å². The third kappa shape index (κ3) is 4.22. The first-order valence-corrected chi connectivity index (χ1v) is 11.1. The summed E-state index contributed by atoms with van der Waals surface area (Å²) >= 11 is 0. The van der Waals surface area contributed by atoms with Gasteiger partial charge in [0, 0.05) is 36.1 Å². The Morgan fingerprint density at radius 2 is 2.03 bits per heavy atom. The minimum Gasteiger partial charge on any atom is -0.322 e. The number of fused-ring (bicyclic) bond motifs is 1. The first-order chi connectivity index (χ1) is 15.9. The average Bonchev–Trinajstić information content (AvgIpc) is 3.44. The van der Waals surface area contributed by atoms with Crippen molar-refractivity contribution in [3.05, 3.63) is 65.9 Å². The SMILES string of the molecule is CC(C)(N)c1ccc(-n2nc(C3CCNCC3)cc2NC(=O)c2cnn3cccnc23)nc1. The monoisotopic (exact) mass is 445 g/mol. The molecule has 0 saturated carbocycles. The van der Waals surface area contributed by atoms with Crippen LogP contribution in [0.1, 0.15) is 54.2 Å². The zero-order valence-electron chi connectivity index (χ0n) is 18.7. The van der Waals surface area contributed by atoms with E-state index in [0.29, 0.717) is 28.8 Å². The van der Waals surface area contributed by atoms with Crippen molar-refractivity contribution >= 4 is 17.4 Å². The van der Waals surface area contributed by atoms with Gasteiger partial charge in [-0.2, -0.15) is 14.9 Å². The maximum absolute atomic E-state index is 13.2. The molecular formula is C23H27N9O. The number of amides is 1. The van der Waals surface area contributed by atoms with Crippen LogP contribution in [-0.2, 0) is 5.54 Å². The van der Waals surface area contributed by atoms with Gasteiger partial charge in [0.2, 0.25) is 0 Å². The Kier molecular flexibility index (Phi) is 5.39. The van der Waals surface area contributed by atoms with Gasteiger partial charge in [0.05, 0.1) is 11.9 Å². The highest BCUT2D eigenvalue weighted by atomic mass is 16.1. The molecule has 5 heterocycles. The Hall–Kier alpha value is -3.63. The van der Waals surface area contributed by atoms with Crippen molar-refractivity contribution in [3.8, 4) is 5.82 Å². The van der Waals surface area contributed by atoms with E-state index in [1.807, 2.05) is 32.0 Å². The van der Waals surface area contributed by atoms with Crippen LogP contribution in [-0.4, -0.2) is 48.4 Å². The molecule has 0 bridgehead atoms. The standard InChI is InChI=1S/C23H27N9O/c1-23(2,24)16-4-5-19(27-13-16)32-20(12-18(30-32)15-6-9-25-10-7-15)29-22(33)17-14-28-31-11-3-8-26-21(17)31/h3-5,8,11-15,25H,6-7,9-10,24H2,1-2H3,(H,29,33). The summed E-state index contributed by atoms with van der Waals surface area (Å²) in [7, 11) is 0. The first kappa shape index (κ1) is 21.2. The van der Waals surface area contributed by atoms with E-state index in [4.69, 9.17) is 10.8 Å². The van der Waals surface area contributed by atoms with Crippen molar-refractivity contribution < 1.29 is 4.79 Å². The first-order valence-electron chi connectivity index (χ1n) is 11.1. The third-order valence-corrected chi connectivity index (χ3v) is 5.96. The number of carbonyl (C=O) groups excluding carboxylic acids is 1.